The second-order valence-electron chi connectivity index (χ2n) is 3.17. The quantitative estimate of drug-likeness (QED) is 0.401. The Bertz CT molecular complexity index is 103. The van der Waals surface area contributed by atoms with Gasteiger partial charge in [-0.3, -0.25) is 0 Å². The van der Waals surface area contributed by atoms with E-state index < -0.39 is 0 Å². The lowest BCUT2D eigenvalue weighted by molar-refractivity contribution is 0.331. The highest BCUT2D eigenvalue weighted by molar-refractivity contribution is 5.98. The highest BCUT2D eigenvalue weighted by Crippen LogP contribution is 2.11. The second kappa shape index (κ2) is 7.73. The molecule has 0 saturated carbocycles. The zero-order valence-corrected chi connectivity index (χ0v) is 10.4. The Morgan fingerprint density at radius 2 is 2.33 bits per heavy atom. The Morgan fingerprint density at radius 1 is 1.67 bits per heavy atom. The van der Waals surface area contributed by atoms with E-state index in [2.05, 4.69) is 19.2 Å². The van der Waals surface area contributed by atoms with E-state index in [0.29, 0.717) is 12.5 Å². The van der Waals surface area contributed by atoms with Gasteiger partial charge >= 0.3 is 0 Å². The summed E-state index contributed by atoms with van der Waals surface area (Å²) in [5, 5.41) is 3.28. The maximum absolute atomic E-state index is 5.36. The molecule has 0 aliphatic carbocycles. The molecule has 1 atom stereocenters. The summed E-state index contributed by atoms with van der Waals surface area (Å²) in [5.74, 6) is 2.00. The van der Waals surface area contributed by atoms with Gasteiger partial charge in [0.1, 0.15) is 10.5 Å². The summed E-state index contributed by atoms with van der Waals surface area (Å²) >= 11 is 0. The summed E-state index contributed by atoms with van der Waals surface area (Å²) in [7, 11) is 0.827. The second-order valence-corrected chi connectivity index (χ2v) is 3.75. The fourth-order valence-corrected chi connectivity index (χ4v) is 1.42. The van der Waals surface area contributed by atoms with Gasteiger partial charge in [0.2, 0.25) is 0 Å². The predicted octanol–water partition coefficient (Wildman–Crippen LogP) is -0.938. The summed E-state index contributed by atoms with van der Waals surface area (Å²) in [6, 6.07) is 0. The molecule has 1 radical (unpaired) electrons. The average Bonchev–Trinajstić information content (AvgIpc) is 2.05. The van der Waals surface area contributed by atoms with E-state index in [1.165, 1.54) is 5.92 Å². The fourth-order valence-electron chi connectivity index (χ4n) is 0.965. The van der Waals surface area contributed by atoms with Gasteiger partial charge < -0.3 is 15.5 Å². The van der Waals surface area contributed by atoms with Crippen LogP contribution in [0.15, 0.2) is 0 Å². The van der Waals surface area contributed by atoms with Crippen molar-refractivity contribution < 1.29 is 4.43 Å². The third-order valence-electron chi connectivity index (χ3n) is 1.98. The molecule has 4 heteroatoms. The van der Waals surface area contributed by atoms with Crippen LogP contribution in [0.3, 0.4) is 0 Å². The molecule has 12 heavy (non-hydrogen) atoms. The molecule has 1 unspecified atom stereocenters. The first kappa shape index (κ1) is 12.1. The smallest absolute Gasteiger partial charge is 0.145 e. The van der Waals surface area contributed by atoms with E-state index in [0.717, 1.165) is 30.2 Å². The van der Waals surface area contributed by atoms with Crippen LogP contribution < -0.4 is 11.1 Å². The van der Waals surface area contributed by atoms with Crippen LogP contribution >= 0.6 is 0 Å². The summed E-state index contributed by atoms with van der Waals surface area (Å²) < 4.78 is 5.18. The summed E-state index contributed by atoms with van der Waals surface area (Å²) in [6.45, 7) is 7.79. The molecule has 0 bridgehead atoms. The Balaban J connectivity index is 3.35. The van der Waals surface area contributed by atoms with E-state index in [1.54, 1.807) is 0 Å². The molecule has 0 aromatic carbocycles. The molecule has 0 aromatic rings. The summed E-state index contributed by atoms with van der Waals surface area (Å²) in [4.78, 5) is 0. The molecule has 3 N–H and O–H groups in total. The van der Waals surface area contributed by atoms with Crippen LogP contribution in [0.5, 0.6) is 0 Å². The first-order chi connectivity index (χ1) is 5.72. The molecule has 0 aliphatic heterocycles. The molecule has 0 saturated heterocycles. The third-order valence-corrected chi connectivity index (χ3v) is 2.27. The fraction of sp³-hybridized carbons (Fsp3) is 0.875. The Morgan fingerprint density at radius 3 is 2.83 bits per heavy atom. The van der Waals surface area contributed by atoms with Crippen molar-refractivity contribution in [2.45, 2.75) is 13.8 Å². The minimum atomic E-state index is 0.588. The van der Waals surface area contributed by atoms with Gasteiger partial charge in [-0.2, -0.15) is 0 Å². The van der Waals surface area contributed by atoms with Crippen LogP contribution in [0.1, 0.15) is 13.8 Å². The number of rotatable bonds is 7. The molecule has 3 nitrogen and oxygen atoms in total. The standard InChI is InChI=1S/C8H21N2OSi/c1-7(5-10-4-3-9)8(2)6-11-12/h7,10H,3-6,9H2,1-2,12H3. The van der Waals surface area contributed by atoms with E-state index >= 15 is 0 Å². The lowest BCUT2D eigenvalue weighted by atomic mass is 9.97. The minimum absolute atomic E-state index is 0.588. The first-order valence-corrected chi connectivity index (χ1v) is 5.26. The van der Waals surface area contributed by atoms with Crippen molar-refractivity contribution in [1.82, 2.24) is 5.32 Å². The van der Waals surface area contributed by atoms with Crippen LogP contribution in [-0.4, -0.2) is 36.7 Å². The number of nitrogens with two attached hydrogens (primary N) is 1. The molecule has 0 heterocycles. The summed E-state index contributed by atoms with van der Waals surface area (Å²) in [5.41, 5.74) is 5.36. The van der Waals surface area contributed by atoms with Crippen molar-refractivity contribution in [2.75, 3.05) is 26.2 Å². The molecule has 73 valence electrons. The largest absolute Gasteiger partial charge is 0.427 e. The van der Waals surface area contributed by atoms with Crippen molar-refractivity contribution >= 4 is 10.5 Å². The van der Waals surface area contributed by atoms with Crippen molar-refractivity contribution in [3.63, 3.8) is 0 Å². The predicted molar refractivity (Wildman–Crippen MR) is 55.9 cm³/mol. The molecule has 0 aliphatic rings. The van der Waals surface area contributed by atoms with E-state index in [4.69, 9.17) is 10.2 Å². The molecule has 0 amide bonds. The van der Waals surface area contributed by atoms with E-state index in [1.807, 2.05) is 0 Å². The monoisotopic (exact) mass is 189 g/mol. The molecule has 0 rings (SSSR count). The minimum Gasteiger partial charge on any atom is -0.427 e. The lowest BCUT2D eigenvalue weighted by Gasteiger charge is -2.18. The van der Waals surface area contributed by atoms with Gasteiger partial charge in [-0.05, 0) is 12.5 Å². The van der Waals surface area contributed by atoms with E-state index in [-0.39, 0.29) is 0 Å². The zero-order chi connectivity index (χ0) is 9.40. The van der Waals surface area contributed by atoms with Crippen LogP contribution in [0, 0.1) is 11.8 Å². The van der Waals surface area contributed by atoms with Gasteiger partial charge in [0.05, 0.1) is 0 Å². The average molecular weight is 189 g/mol. The van der Waals surface area contributed by atoms with Crippen molar-refractivity contribution in [3.05, 3.63) is 5.92 Å². The molecule has 0 aromatic heterocycles. The molecular weight excluding hydrogens is 168 g/mol. The van der Waals surface area contributed by atoms with Crippen molar-refractivity contribution in [3.8, 4) is 0 Å². The number of hydrogen-bond acceptors (Lipinski definition) is 3. The number of nitrogens with one attached hydrogen (secondary N) is 1. The lowest BCUT2D eigenvalue weighted by Crippen LogP contribution is -2.30. The maximum atomic E-state index is 5.36. The molecule has 0 fully saturated rings. The van der Waals surface area contributed by atoms with Gasteiger partial charge in [0.25, 0.3) is 0 Å². The van der Waals surface area contributed by atoms with Gasteiger partial charge in [-0.1, -0.05) is 13.8 Å². The van der Waals surface area contributed by atoms with Gasteiger partial charge in [0.15, 0.2) is 0 Å². The Kier molecular flexibility index (Phi) is 7.79. The van der Waals surface area contributed by atoms with Gasteiger partial charge in [-0.25, -0.2) is 0 Å². The van der Waals surface area contributed by atoms with Gasteiger partial charge in [-0.15, -0.1) is 0 Å². The normalized spacial score (nSPS) is 14.0. The van der Waals surface area contributed by atoms with Crippen LogP contribution in [0.4, 0.5) is 0 Å². The Labute approximate surface area is 78.6 Å². The van der Waals surface area contributed by atoms with Crippen LogP contribution in [0.2, 0.25) is 0 Å². The molecular formula is C8H21N2OSi. The third kappa shape index (κ3) is 5.71. The Hall–Kier alpha value is 0.0969. The first-order valence-electron chi connectivity index (χ1n) is 4.44. The van der Waals surface area contributed by atoms with E-state index in [9.17, 15) is 0 Å². The van der Waals surface area contributed by atoms with Crippen molar-refractivity contribution in [2.24, 2.45) is 11.7 Å². The zero-order valence-electron chi connectivity index (χ0n) is 8.39. The highest BCUT2D eigenvalue weighted by atomic mass is 28.2. The number of hydrogen-bond donors (Lipinski definition) is 2. The highest BCUT2D eigenvalue weighted by Gasteiger charge is 2.10. The maximum Gasteiger partial charge on any atom is 0.145 e. The summed E-state index contributed by atoms with van der Waals surface area (Å²) in [6.07, 6.45) is 0. The molecule has 0 spiro atoms. The SMILES string of the molecule is C[C](CO[SiH3])C(C)CNCCN. The van der Waals surface area contributed by atoms with Crippen molar-refractivity contribution in [1.29, 1.82) is 0 Å². The topological polar surface area (TPSA) is 47.3 Å². The van der Waals surface area contributed by atoms with Crippen LogP contribution in [-0.2, 0) is 4.43 Å². The van der Waals surface area contributed by atoms with Crippen LogP contribution in [0.25, 0.3) is 0 Å². The van der Waals surface area contributed by atoms with Gasteiger partial charge in [0, 0.05) is 25.6 Å².